The van der Waals surface area contributed by atoms with Gasteiger partial charge in [-0.1, -0.05) is 29.8 Å². The Labute approximate surface area is 97.7 Å². The molecule has 0 amide bonds. The lowest BCUT2D eigenvalue weighted by Gasteiger charge is -2.07. The average Bonchev–Trinajstić information content (AvgIpc) is 2.18. The second-order valence-electron chi connectivity index (χ2n) is 2.60. The van der Waals surface area contributed by atoms with E-state index in [0.717, 1.165) is 0 Å². The summed E-state index contributed by atoms with van der Waals surface area (Å²) in [5.74, 6) is -0.557. The summed E-state index contributed by atoms with van der Waals surface area (Å²) in [6.07, 6.45) is 2.79. The van der Waals surface area contributed by atoms with E-state index in [4.69, 9.17) is 27.9 Å². The van der Waals surface area contributed by atoms with Crippen molar-refractivity contribution in [3.05, 3.63) is 34.1 Å². The fourth-order valence-corrected chi connectivity index (χ4v) is 1.59. The molecule has 0 bridgehead atoms. The topological polar surface area (TPSA) is 39.2 Å². The van der Waals surface area contributed by atoms with Crippen molar-refractivity contribution in [1.29, 1.82) is 0 Å². The molecule has 0 aliphatic carbocycles. The van der Waals surface area contributed by atoms with E-state index in [9.17, 15) is 4.79 Å². The number of esters is 1. The first-order valence-electron chi connectivity index (χ1n) is 4.25. The number of rotatable bonds is 3. The molecule has 0 aromatic carbocycles. The van der Waals surface area contributed by atoms with E-state index in [-0.39, 0.29) is 22.2 Å². The number of carbonyl (C=O) groups excluding carboxylic acids is 1. The van der Waals surface area contributed by atoms with Gasteiger partial charge in [-0.05, 0) is 13.0 Å². The van der Waals surface area contributed by atoms with Crippen molar-refractivity contribution in [1.82, 2.24) is 4.98 Å². The van der Waals surface area contributed by atoms with Crippen LogP contribution in [0.4, 0.5) is 0 Å². The fourth-order valence-electron chi connectivity index (χ4n) is 1.01. The van der Waals surface area contributed by atoms with Crippen LogP contribution >= 0.6 is 23.2 Å². The van der Waals surface area contributed by atoms with E-state index in [1.54, 1.807) is 6.92 Å². The molecule has 3 nitrogen and oxygen atoms in total. The van der Waals surface area contributed by atoms with Gasteiger partial charge in [-0.3, -0.25) is 4.98 Å². The van der Waals surface area contributed by atoms with E-state index in [1.807, 2.05) is 0 Å². The van der Waals surface area contributed by atoms with Gasteiger partial charge in [0, 0.05) is 6.20 Å². The summed E-state index contributed by atoms with van der Waals surface area (Å²) >= 11 is 11.7. The molecule has 0 fully saturated rings. The van der Waals surface area contributed by atoms with Crippen molar-refractivity contribution in [2.45, 2.75) is 6.92 Å². The lowest BCUT2D eigenvalue weighted by atomic mass is 10.2. The van der Waals surface area contributed by atoms with E-state index in [2.05, 4.69) is 11.6 Å². The van der Waals surface area contributed by atoms with Gasteiger partial charge in [0.15, 0.2) is 0 Å². The first-order valence-corrected chi connectivity index (χ1v) is 5.01. The minimum Gasteiger partial charge on any atom is -0.462 e. The fraction of sp³-hybridized carbons (Fsp3) is 0.200. The molecule has 1 aromatic heterocycles. The standard InChI is InChI=1S/C10H9Cl2NO2/c1-3-7-9(12)8(6(11)5-13-7)10(14)15-4-2/h3,5H,1,4H2,2H3. The Morgan fingerprint density at radius 3 is 2.87 bits per heavy atom. The van der Waals surface area contributed by atoms with Crippen LogP contribution in [0.15, 0.2) is 12.8 Å². The Hall–Kier alpha value is -1.06. The van der Waals surface area contributed by atoms with Crippen LogP contribution < -0.4 is 0 Å². The molecule has 0 aliphatic heterocycles. The smallest absolute Gasteiger partial charge is 0.341 e. The van der Waals surface area contributed by atoms with Crippen LogP contribution in [0.5, 0.6) is 0 Å². The first kappa shape index (κ1) is 12.0. The molecular formula is C10H9Cl2NO2. The Morgan fingerprint density at radius 2 is 2.33 bits per heavy atom. The molecule has 0 aliphatic rings. The molecular weight excluding hydrogens is 237 g/mol. The minimum absolute atomic E-state index is 0.130. The molecule has 1 rings (SSSR count). The number of hydrogen-bond acceptors (Lipinski definition) is 3. The summed E-state index contributed by atoms with van der Waals surface area (Å²) in [6, 6.07) is 0. The second-order valence-corrected chi connectivity index (χ2v) is 3.39. The highest BCUT2D eigenvalue weighted by Gasteiger charge is 2.18. The van der Waals surface area contributed by atoms with Gasteiger partial charge < -0.3 is 4.74 Å². The number of halogens is 2. The molecule has 0 radical (unpaired) electrons. The van der Waals surface area contributed by atoms with E-state index >= 15 is 0 Å². The maximum absolute atomic E-state index is 11.5. The number of nitrogens with zero attached hydrogens (tertiary/aromatic N) is 1. The summed E-state index contributed by atoms with van der Waals surface area (Å²) in [5, 5.41) is 0.333. The zero-order valence-electron chi connectivity index (χ0n) is 8.09. The molecule has 0 saturated heterocycles. The molecule has 0 unspecified atom stereocenters. The van der Waals surface area contributed by atoms with Crippen molar-refractivity contribution in [3.8, 4) is 0 Å². The Balaban J connectivity index is 3.26. The summed E-state index contributed by atoms with van der Waals surface area (Å²) in [6.45, 7) is 5.49. The number of hydrogen-bond donors (Lipinski definition) is 0. The minimum atomic E-state index is -0.557. The lowest BCUT2D eigenvalue weighted by Crippen LogP contribution is -2.07. The zero-order valence-corrected chi connectivity index (χ0v) is 9.60. The third kappa shape index (κ3) is 2.49. The van der Waals surface area contributed by atoms with Crippen molar-refractivity contribution in [2.75, 3.05) is 6.61 Å². The van der Waals surface area contributed by atoms with E-state index in [0.29, 0.717) is 5.69 Å². The molecule has 0 spiro atoms. The third-order valence-electron chi connectivity index (χ3n) is 1.67. The predicted molar refractivity (Wildman–Crippen MR) is 60.3 cm³/mol. The van der Waals surface area contributed by atoms with Crippen LogP contribution in [0.1, 0.15) is 23.0 Å². The van der Waals surface area contributed by atoms with Crippen LogP contribution in [0, 0.1) is 0 Å². The molecule has 1 aromatic rings. The predicted octanol–water partition coefficient (Wildman–Crippen LogP) is 3.21. The van der Waals surface area contributed by atoms with Crippen LogP contribution in [0.2, 0.25) is 10.0 Å². The van der Waals surface area contributed by atoms with Crippen LogP contribution in [-0.2, 0) is 4.74 Å². The number of pyridine rings is 1. The van der Waals surface area contributed by atoms with E-state index < -0.39 is 5.97 Å². The van der Waals surface area contributed by atoms with Gasteiger partial charge in [-0.2, -0.15) is 0 Å². The molecule has 0 N–H and O–H groups in total. The van der Waals surface area contributed by atoms with Gasteiger partial charge in [0.05, 0.1) is 22.3 Å². The van der Waals surface area contributed by atoms with Crippen molar-refractivity contribution < 1.29 is 9.53 Å². The summed E-state index contributed by atoms with van der Waals surface area (Å²) in [4.78, 5) is 15.4. The highest BCUT2D eigenvalue weighted by molar-refractivity contribution is 6.39. The maximum atomic E-state index is 11.5. The molecule has 80 valence electrons. The number of ether oxygens (including phenoxy) is 1. The Kier molecular flexibility index (Phi) is 4.12. The number of carbonyl (C=O) groups is 1. The largest absolute Gasteiger partial charge is 0.462 e. The Bertz CT molecular complexity index is 405. The normalized spacial score (nSPS) is 9.80. The quantitative estimate of drug-likeness (QED) is 0.768. The second kappa shape index (κ2) is 5.14. The molecule has 1 heterocycles. The van der Waals surface area contributed by atoms with E-state index in [1.165, 1.54) is 12.3 Å². The summed E-state index contributed by atoms with van der Waals surface area (Å²) in [7, 11) is 0. The monoisotopic (exact) mass is 245 g/mol. The summed E-state index contributed by atoms with van der Waals surface area (Å²) < 4.78 is 4.82. The van der Waals surface area contributed by atoms with Crippen LogP contribution in [0.25, 0.3) is 6.08 Å². The van der Waals surface area contributed by atoms with Gasteiger partial charge in [-0.25, -0.2) is 4.79 Å². The summed E-state index contributed by atoms with van der Waals surface area (Å²) in [5.41, 5.74) is 0.536. The molecule has 0 saturated carbocycles. The zero-order chi connectivity index (χ0) is 11.4. The highest BCUT2D eigenvalue weighted by atomic mass is 35.5. The van der Waals surface area contributed by atoms with Crippen LogP contribution in [0.3, 0.4) is 0 Å². The lowest BCUT2D eigenvalue weighted by molar-refractivity contribution is 0.0526. The van der Waals surface area contributed by atoms with Crippen molar-refractivity contribution in [3.63, 3.8) is 0 Å². The maximum Gasteiger partial charge on any atom is 0.341 e. The average molecular weight is 246 g/mol. The first-order chi connectivity index (χ1) is 7.11. The van der Waals surface area contributed by atoms with Crippen LogP contribution in [-0.4, -0.2) is 17.6 Å². The van der Waals surface area contributed by atoms with Crippen molar-refractivity contribution >= 4 is 35.2 Å². The highest BCUT2D eigenvalue weighted by Crippen LogP contribution is 2.27. The molecule has 5 heteroatoms. The van der Waals surface area contributed by atoms with Gasteiger partial charge in [0.1, 0.15) is 5.56 Å². The van der Waals surface area contributed by atoms with Crippen molar-refractivity contribution in [2.24, 2.45) is 0 Å². The third-order valence-corrected chi connectivity index (χ3v) is 2.34. The number of aromatic nitrogens is 1. The van der Waals surface area contributed by atoms with Gasteiger partial charge >= 0.3 is 5.97 Å². The Morgan fingerprint density at radius 1 is 1.67 bits per heavy atom. The van der Waals surface area contributed by atoms with Gasteiger partial charge in [0.2, 0.25) is 0 Å². The molecule has 15 heavy (non-hydrogen) atoms. The van der Waals surface area contributed by atoms with Gasteiger partial charge in [-0.15, -0.1) is 0 Å². The van der Waals surface area contributed by atoms with Gasteiger partial charge in [0.25, 0.3) is 0 Å². The molecule has 0 atom stereocenters. The SMILES string of the molecule is C=Cc1ncc(Cl)c(C(=O)OCC)c1Cl.